The number of allylic oxidation sites excluding steroid dienone is 6. The van der Waals surface area contributed by atoms with Gasteiger partial charge in [0, 0.05) is 0 Å². The zero-order valence-electron chi connectivity index (χ0n) is 50.7. The Morgan fingerprint density at radius 3 is 1.14 bits per heavy atom. The molecule has 1 saturated heterocycles. The highest BCUT2D eigenvalue weighted by molar-refractivity contribution is 5.80. The van der Waals surface area contributed by atoms with E-state index in [-0.39, 0.29) is 12.8 Å². The second kappa shape index (κ2) is 55.8. The fourth-order valence-corrected chi connectivity index (χ4v) is 10.8. The maximum Gasteiger partial charge on any atom is 0.249 e. The molecule has 78 heavy (non-hydrogen) atoms. The van der Waals surface area contributed by atoms with Crippen LogP contribution in [0.2, 0.25) is 0 Å². The normalized spacial score (nSPS) is 19.6. The molecule has 0 saturated carbocycles. The molecule has 0 aromatic rings. The van der Waals surface area contributed by atoms with Crippen LogP contribution in [0.5, 0.6) is 0 Å². The highest BCUT2D eigenvalue weighted by atomic mass is 16.7. The van der Waals surface area contributed by atoms with Crippen LogP contribution in [-0.4, -0.2) is 110 Å². The fourth-order valence-electron chi connectivity index (χ4n) is 10.8. The minimum Gasteiger partial charge on any atom is -0.394 e. The molecule has 0 aromatic carbocycles. The predicted octanol–water partition coefficient (Wildman–Crippen LogP) is 15.4. The second-order valence-electron chi connectivity index (χ2n) is 23.5. The van der Waals surface area contributed by atoms with Gasteiger partial charge in [-0.1, -0.05) is 275 Å². The summed E-state index contributed by atoms with van der Waals surface area (Å²) in [7, 11) is 0. The molecule has 1 aliphatic rings. The topological polar surface area (TPSA) is 189 Å². The van der Waals surface area contributed by atoms with Crippen molar-refractivity contribution in [3.05, 3.63) is 36.5 Å². The minimum absolute atomic E-state index is 0.247. The number of nitrogens with one attached hydrogen (secondary N) is 1. The van der Waals surface area contributed by atoms with Crippen LogP contribution in [0.15, 0.2) is 36.5 Å². The maximum absolute atomic E-state index is 13.2. The Morgan fingerprint density at radius 1 is 0.436 bits per heavy atom. The first kappa shape index (κ1) is 74.3. The number of aliphatic hydroxyl groups is 7. The number of unbranched alkanes of at least 4 members (excludes halogenated alkanes) is 40. The summed E-state index contributed by atoms with van der Waals surface area (Å²) in [5, 5.41) is 76.4. The Hall–Kier alpha value is -1.67. The van der Waals surface area contributed by atoms with Crippen LogP contribution in [0.3, 0.4) is 0 Å². The third-order valence-corrected chi connectivity index (χ3v) is 16.1. The van der Waals surface area contributed by atoms with Crippen molar-refractivity contribution in [1.82, 2.24) is 5.32 Å². The summed E-state index contributed by atoms with van der Waals surface area (Å²) in [6, 6.07) is -1.19. The summed E-state index contributed by atoms with van der Waals surface area (Å²) in [5.74, 6) is -0.707. The molecular weight excluding hydrogens is 979 g/mol. The molecule has 460 valence electrons. The first-order valence-electron chi connectivity index (χ1n) is 33.4. The molecule has 11 heteroatoms. The number of rotatable bonds is 58. The van der Waals surface area contributed by atoms with Gasteiger partial charge in [-0.15, -0.1) is 0 Å². The number of carbonyl (C=O) groups is 1. The van der Waals surface area contributed by atoms with E-state index in [2.05, 4.69) is 55.6 Å². The first-order chi connectivity index (χ1) is 38.2. The van der Waals surface area contributed by atoms with Gasteiger partial charge in [0.15, 0.2) is 6.29 Å². The Balaban J connectivity index is 2.26. The van der Waals surface area contributed by atoms with Crippen molar-refractivity contribution in [2.75, 3.05) is 13.2 Å². The average Bonchev–Trinajstić information content (AvgIpc) is 3.46. The van der Waals surface area contributed by atoms with Gasteiger partial charge in [0.25, 0.3) is 0 Å². The molecule has 9 atom stereocenters. The monoisotopic (exact) mass is 1110 g/mol. The molecule has 8 N–H and O–H groups in total. The van der Waals surface area contributed by atoms with Crippen molar-refractivity contribution < 1.29 is 50.0 Å². The van der Waals surface area contributed by atoms with E-state index in [1.165, 1.54) is 231 Å². The maximum atomic E-state index is 13.2. The molecule has 0 radical (unpaired) electrons. The highest BCUT2D eigenvalue weighted by Crippen LogP contribution is 2.24. The van der Waals surface area contributed by atoms with E-state index in [9.17, 15) is 40.5 Å². The summed E-state index contributed by atoms with van der Waals surface area (Å²) in [5.41, 5.74) is 0. The summed E-state index contributed by atoms with van der Waals surface area (Å²) in [4.78, 5) is 13.2. The van der Waals surface area contributed by atoms with Gasteiger partial charge in [-0.3, -0.25) is 4.79 Å². The summed E-state index contributed by atoms with van der Waals surface area (Å²) in [6.07, 6.45) is 59.3. The lowest BCUT2D eigenvalue weighted by Gasteiger charge is -2.40. The van der Waals surface area contributed by atoms with Crippen molar-refractivity contribution in [2.24, 2.45) is 0 Å². The minimum atomic E-state index is -1.67. The standard InChI is InChI=1S/C67H127NO10/c1-3-5-7-9-11-13-15-17-19-21-23-25-27-29-30-31-33-35-37-39-41-43-45-47-49-51-53-55-60(71)66(76)68-58(57-77-67-65(75)64(74)63(73)61(56-69)78-67)62(72)59(70)54-52-50-48-46-44-42-40-38-36-34-32-28-26-24-22-20-18-16-14-12-10-8-6-4-2/h29-30,38,40,46,48,58-65,67,69-75H,3-28,31-37,39,41-45,47,49-57H2,1-2H3,(H,68,76)/b30-29-,40-38+,48-46+. The fraction of sp³-hybridized carbons (Fsp3) is 0.896. The van der Waals surface area contributed by atoms with Gasteiger partial charge in [0.05, 0.1) is 25.4 Å². The molecule has 1 aliphatic heterocycles. The van der Waals surface area contributed by atoms with Gasteiger partial charge in [-0.05, 0) is 77.0 Å². The Labute approximate surface area is 479 Å². The number of hydrogen-bond acceptors (Lipinski definition) is 10. The second-order valence-corrected chi connectivity index (χ2v) is 23.5. The highest BCUT2D eigenvalue weighted by Gasteiger charge is 2.44. The van der Waals surface area contributed by atoms with Crippen molar-refractivity contribution in [3.8, 4) is 0 Å². The van der Waals surface area contributed by atoms with Gasteiger partial charge in [-0.25, -0.2) is 0 Å². The molecule has 1 heterocycles. The van der Waals surface area contributed by atoms with E-state index in [1.54, 1.807) is 0 Å². The number of amides is 1. The van der Waals surface area contributed by atoms with Gasteiger partial charge < -0.3 is 50.5 Å². The van der Waals surface area contributed by atoms with Crippen LogP contribution in [0.1, 0.15) is 316 Å². The third kappa shape index (κ3) is 43.1. The Morgan fingerprint density at radius 2 is 0.769 bits per heavy atom. The summed E-state index contributed by atoms with van der Waals surface area (Å²) in [6.45, 7) is 3.48. The SMILES string of the molecule is CCCCCCCCCCCCCC/C=C\CCCCCCCCCCCCCC(O)C(=O)NC(COC1OC(CO)C(O)C(O)C1O)C(O)C(O)CCC/C=C/CC/C=C/CCCCCCCCCCCCCCCCC. The molecule has 1 rings (SSSR count). The summed E-state index contributed by atoms with van der Waals surface area (Å²) >= 11 is 0. The Kier molecular flexibility index (Phi) is 53.2. The van der Waals surface area contributed by atoms with Crippen LogP contribution in [0.4, 0.5) is 0 Å². The lowest BCUT2D eigenvalue weighted by molar-refractivity contribution is -0.303. The molecular formula is C67H127NO10. The molecule has 11 nitrogen and oxygen atoms in total. The van der Waals surface area contributed by atoms with Gasteiger partial charge in [0.1, 0.15) is 36.6 Å². The van der Waals surface area contributed by atoms with E-state index in [0.29, 0.717) is 19.3 Å². The average molecular weight is 1110 g/mol. The Bertz CT molecular complexity index is 1360. The molecule has 1 fully saturated rings. The first-order valence-corrected chi connectivity index (χ1v) is 33.4. The van der Waals surface area contributed by atoms with Crippen molar-refractivity contribution in [1.29, 1.82) is 0 Å². The third-order valence-electron chi connectivity index (χ3n) is 16.1. The van der Waals surface area contributed by atoms with E-state index in [4.69, 9.17) is 9.47 Å². The van der Waals surface area contributed by atoms with E-state index in [0.717, 1.165) is 38.5 Å². The quantitative estimate of drug-likeness (QED) is 0.0215. The van der Waals surface area contributed by atoms with E-state index in [1.807, 2.05) is 0 Å². The van der Waals surface area contributed by atoms with Crippen LogP contribution in [0.25, 0.3) is 0 Å². The number of carbonyl (C=O) groups excluding carboxylic acids is 1. The molecule has 0 spiro atoms. The van der Waals surface area contributed by atoms with Gasteiger partial charge in [0.2, 0.25) is 5.91 Å². The van der Waals surface area contributed by atoms with Crippen molar-refractivity contribution >= 4 is 5.91 Å². The molecule has 1 amide bonds. The van der Waals surface area contributed by atoms with Gasteiger partial charge in [-0.2, -0.15) is 0 Å². The predicted molar refractivity (Wildman–Crippen MR) is 325 cm³/mol. The van der Waals surface area contributed by atoms with Gasteiger partial charge >= 0.3 is 0 Å². The van der Waals surface area contributed by atoms with E-state index >= 15 is 0 Å². The largest absolute Gasteiger partial charge is 0.394 e. The summed E-state index contributed by atoms with van der Waals surface area (Å²) < 4.78 is 11.2. The van der Waals surface area contributed by atoms with Crippen LogP contribution in [-0.2, 0) is 14.3 Å². The molecule has 9 unspecified atom stereocenters. The zero-order chi connectivity index (χ0) is 56.8. The van der Waals surface area contributed by atoms with Crippen LogP contribution in [0, 0.1) is 0 Å². The van der Waals surface area contributed by atoms with Crippen LogP contribution >= 0.6 is 0 Å². The lowest BCUT2D eigenvalue weighted by atomic mass is 9.98. The zero-order valence-corrected chi connectivity index (χ0v) is 50.7. The molecule has 0 bridgehead atoms. The van der Waals surface area contributed by atoms with Crippen LogP contribution < -0.4 is 5.32 Å². The van der Waals surface area contributed by atoms with Crippen molar-refractivity contribution in [3.63, 3.8) is 0 Å². The molecule has 0 aromatic heterocycles. The lowest BCUT2D eigenvalue weighted by Crippen LogP contribution is -2.60. The number of hydrogen-bond donors (Lipinski definition) is 8. The van der Waals surface area contributed by atoms with Crippen molar-refractivity contribution in [2.45, 2.75) is 371 Å². The van der Waals surface area contributed by atoms with E-state index < -0.39 is 74.2 Å². The molecule has 0 aliphatic carbocycles. The number of aliphatic hydroxyl groups excluding tert-OH is 7. The number of ether oxygens (including phenoxy) is 2. The smallest absolute Gasteiger partial charge is 0.249 e.